The van der Waals surface area contributed by atoms with E-state index in [4.69, 9.17) is 9.47 Å². The van der Waals surface area contributed by atoms with Gasteiger partial charge in [0.15, 0.2) is 11.5 Å². The van der Waals surface area contributed by atoms with Crippen LogP contribution < -0.4 is 14.4 Å². The molecule has 2 aliphatic rings. The van der Waals surface area contributed by atoms with Gasteiger partial charge in [0, 0.05) is 45.0 Å². The quantitative estimate of drug-likeness (QED) is 0.684. The average Bonchev–Trinajstić information content (AvgIpc) is 2.80. The van der Waals surface area contributed by atoms with Crippen LogP contribution in [0.2, 0.25) is 0 Å². The molecule has 0 aliphatic carbocycles. The van der Waals surface area contributed by atoms with Crippen LogP contribution in [-0.4, -0.2) is 68.2 Å². The molecule has 0 aromatic heterocycles. The van der Waals surface area contributed by atoms with Gasteiger partial charge >= 0.3 is 0 Å². The highest BCUT2D eigenvalue weighted by atomic mass is 16.5. The Balaban J connectivity index is 1.34. The van der Waals surface area contributed by atoms with Crippen molar-refractivity contribution in [1.29, 1.82) is 0 Å². The molecular weight excluding hydrogens is 390 g/mol. The maximum absolute atomic E-state index is 13.0. The van der Waals surface area contributed by atoms with Crippen LogP contribution in [0.5, 0.6) is 11.5 Å². The van der Waals surface area contributed by atoms with Gasteiger partial charge in [-0.1, -0.05) is 18.2 Å². The van der Waals surface area contributed by atoms with E-state index in [-0.39, 0.29) is 5.91 Å². The Hall–Kier alpha value is -2.73. The highest BCUT2D eigenvalue weighted by Crippen LogP contribution is 2.34. The zero-order valence-corrected chi connectivity index (χ0v) is 18.7. The normalized spacial score (nSPS) is 16.7. The van der Waals surface area contributed by atoms with Gasteiger partial charge in [0.25, 0.3) is 0 Å². The summed E-state index contributed by atoms with van der Waals surface area (Å²) in [5.41, 5.74) is 3.77. The summed E-state index contributed by atoms with van der Waals surface area (Å²) in [6, 6.07) is 14.6. The summed E-state index contributed by atoms with van der Waals surface area (Å²) in [6.45, 7) is 10.7. The first kappa shape index (κ1) is 21.5. The summed E-state index contributed by atoms with van der Waals surface area (Å²) in [4.78, 5) is 19.6. The van der Waals surface area contributed by atoms with Crippen LogP contribution in [0.3, 0.4) is 0 Å². The zero-order chi connectivity index (χ0) is 21.6. The van der Waals surface area contributed by atoms with Crippen molar-refractivity contribution >= 4 is 11.6 Å². The Labute approximate surface area is 185 Å². The molecule has 2 heterocycles. The van der Waals surface area contributed by atoms with Crippen LogP contribution in [0, 0.1) is 0 Å². The number of hydrogen-bond donors (Lipinski definition) is 0. The maximum Gasteiger partial charge on any atom is 0.236 e. The van der Waals surface area contributed by atoms with Crippen molar-refractivity contribution in [2.75, 3.05) is 57.4 Å². The van der Waals surface area contributed by atoms with Crippen molar-refractivity contribution in [1.82, 2.24) is 9.80 Å². The molecule has 1 amide bonds. The molecule has 2 aromatic carbocycles. The number of rotatable bonds is 7. The third-order valence-corrected chi connectivity index (χ3v) is 6.07. The van der Waals surface area contributed by atoms with E-state index in [0.717, 1.165) is 57.2 Å². The molecule has 0 radical (unpaired) electrons. The topological polar surface area (TPSA) is 45.3 Å². The van der Waals surface area contributed by atoms with Crippen molar-refractivity contribution in [3.8, 4) is 11.5 Å². The molecule has 2 aromatic rings. The highest BCUT2D eigenvalue weighted by Gasteiger charge is 2.25. The molecule has 0 spiro atoms. The van der Waals surface area contributed by atoms with E-state index in [1.807, 2.05) is 24.8 Å². The number of carbonyl (C=O) groups is 1. The molecular formula is C25H33N3O3. The second-order valence-corrected chi connectivity index (χ2v) is 8.10. The summed E-state index contributed by atoms with van der Waals surface area (Å²) in [7, 11) is 0. The van der Waals surface area contributed by atoms with Crippen molar-refractivity contribution in [2.24, 2.45) is 0 Å². The van der Waals surface area contributed by atoms with E-state index < -0.39 is 0 Å². The van der Waals surface area contributed by atoms with E-state index in [0.29, 0.717) is 19.8 Å². The maximum atomic E-state index is 13.0. The number of benzene rings is 2. The molecule has 6 heteroatoms. The molecule has 0 unspecified atom stereocenters. The summed E-state index contributed by atoms with van der Waals surface area (Å²) >= 11 is 0. The molecule has 2 aliphatic heterocycles. The third kappa shape index (κ3) is 5.13. The smallest absolute Gasteiger partial charge is 0.236 e. The van der Waals surface area contributed by atoms with Crippen molar-refractivity contribution < 1.29 is 14.3 Å². The number of fused-ring (bicyclic) bond motifs is 1. The predicted octanol–water partition coefficient (Wildman–Crippen LogP) is 3.19. The SMILES string of the molecule is CCOc1cc2c(cc1OCC)CN(CC(=O)N1CCN(c3ccccc3)CC1)CC2. The molecule has 4 rings (SSSR count). The fraction of sp³-hybridized carbons (Fsp3) is 0.480. The molecule has 6 nitrogen and oxygen atoms in total. The van der Waals surface area contributed by atoms with Gasteiger partial charge in [0.05, 0.1) is 19.8 Å². The minimum atomic E-state index is 0.229. The van der Waals surface area contributed by atoms with Gasteiger partial charge in [-0.05, 0) is 55.7 Å². The summed E-state index contributed by atoms with van der Waals surface area (Å²) in [5.74, 6) is 1.85. The summed E-state index contributed by atoms with van der Waals surface area (Å²) in [6.07, 6.45) is 0.927. The molecule has 1 fully saturated rings. The Bertz CT molecular complexity index is 879. The van der Waals surface area contributed by atoms with Crippen molar-refractivity contribution in [3.05, 3.63) is 53.6 Å². The van der Waals surface area contributed by atoms with Crippen LogP contribution in [0.4, 0.5) is 5.69 Å². The Morgan fingerprint density at radius 3 is 2.16 bits per heavy atom. The van der Waals surface area contributed by atoms with E-state index in [1.54, 1.807) is 0 Å². The van der Waals surface area contributed by atoms with Crippen LogP contribution in [0.15, 0.2) is 42.5 Å². The molecule has 0 atom stereocenters. The molecule has 0 saturated carbocycles. The number of para-hydroxylation sites is 1. The second-order valence-electron chi connectivity index (χ2n) is 8.10. The molecule has 1 saturated heterocycles. The predicted molar refractivity (Wildman–Crippen MR) is 123 cm³/mol. The minimum Gasteiger partial charge on any atom is -0.490 e. The third-order valence-electron chi connectivity index (χ3n) is 6.07. The van der Waals surface area contributed by atoms with E-state index >= 15 is 0 Å². The second kappa shape index (κ2) is 10.1. The number of hydrogen-bond acceptors (Lipinski definition) is 5. The van der Waals surface area contributed by atoms with E-state index in [2.05, 4.69) is 46.2 Å². The summed E-state index contributed by atoms with van der Waals surface area (Å²) in [5, 5.41) is 0. The van der Waals surface area contributed by atoms with Crippen molar-refractivity contribution in [3.63, 3.8) is 0 Å². The fourth-order valence-electron chi connectivity index (χ4n) is 4.44. The van der Waals surface area contributed by atoms with Crippen LogP contribution in [-0.2, 0) is 17.8 Å². The minimum absolute atomic E-state index is 0.229. The molecule has 0 N–H and O–H groups in total. The lowest BCUT2D eigenvalue weighted by Gasteiger charge is -2.37. The van der Waals surface area contributed by atoms with E-state index in [9.17, 15) is 4.79 Å². The van der Waals surface area contributed by atoms with Gasteiger partial charge < -0.3 is 19.3 Å². The molecule has 166 valence electrons. The first-order valence-corrected chi connectivity index (χ1v) is 11.4. The number of piperazine rings is 1. The molecule has 0 bridgehead atoms. The number of anilines is 1. The van der Waals surface area contributed by atoms with Gasteiger partial charge in [-0.25, -0.2) is 0 Å². The lowest BCUT2D eigenvalue weighted by Crippen LogP contribution is -2.51. The standard InChI is InChI=1S/C25H33N3O3/c1-3-30-23-16-20-10-11-26(18-21(20)17-24(23)31-4-2)19-25(29)28-14-12-27(13-15-28)22-8-6-5-7-9-22/h5-9,16-17H,3-4,10-15,18-19H2,1-2H3. The van der Waals surface area contributed by atoms with Gasteiger partial charge in [-0.3, -0.25) is 9.69 Å². The first-order valence-electron chi connectivity index (χ1n) is 11.4. The average molecular weight is 424 g/mol. The van der Waals surface area contributed by atoms with Gasteiger partial charge in [-0.2, -0.15) is 0 Å². The Morgan fingerprint density at radius 2 is 1.52 bits per heavy atom. The Kier molecular flexibility index (Phi) is 6.97. The number of carbonyl (C=O) groups excluding carboxylic acids is 1. The van der Waals surface area contributed by atoms with Gasteiger partial charge in [0.2, 0.25) is 5.91 Å². The lowest BCUT2D eigenvalue weighted by molar-refractivity contribution is -0.132. The molecule has 31 heavy (non-hydrogen) atoms. The van der Waals surface area contributed by atoms with Gasteiger partial charge in [-0.15, -0.1) is 0 Å². The van der Waals surface area contributed by atoms with Crippen LogP contribution in [0.25, 0.3) is 0 Å². The van der Waals surface area contributed by atoms with Gasteiger partial charge in [0.1, 0.15) is 0 Å². The monoisotopic (exact) mass is 423 g/mol. The largest absolute Gasteiger partial charge is 0.490 e. The number of amides is 1. The first-order chi connectivity index (χ1) is 15.2. The van der Waals surface area contributed by atoms with Crippen molar-refractivity contribution in [2.45, 2.75) is 26.8 Å². The van der Waals surface area contributed by atoms with E-state index in [1.165, 1.54) is 16.8 Å². The number of nitrogens with zero attached hydrogens (tertiary/aromatic N) is 3. The number of ether oxygens (including phenoxy) is 2. The lowest BCUT2D eigenvalue weighted by atomic mass is 9.98. The van der Waals surface area contributed by atoms with Crippen LogP contribution in [0.1, 0.15) is 25.0 Å². The zero-order valence-electron chi connectivity index (χ0n) is 18.7. The van der Waals surface area contributed by atoms with Crippen LogP contribution >= 0.6 is 0 Å². The summed E-state index contributed by atoms with van der Waals surface area (Å²) < 4.78 is 11.6. The highest BCUT2D eigenvalue weighted by molar-refractivity contribution is 5.78. The Morgan fingerprint density at radius 1 is 0.871 bits per heavy atom. The fourth-order valence-corrected chi connectivity index (χ4v) is 4.44.